The molecule has 2 nitrogen and oxygen atoms in total. The van der Waals surface area contributed by atoms with Gasteiger partial charge in [-0.1, -0.05) is 33.8 Å². The van der Waals surface area contributed by atoms with Gasteiger partial charge in [-0.05, 0) is 18.4 Å². The van der Waals surface area contributed by atoms with Crippen LogP contribution in [0.25, 0.3) is 0 Å². The van der Waals surface area contributed by atoms with Crippen molar-refractivity contribution in [2.45, 2.75) is 47.1 Å². The zero-order valence-electron chi connectivity index (χ0n) is 9.87. The fourth-order valence-corrected chi connectivity index (χ4v) is 1.14. The minimum Gasteiger partial charge on any atom is -0.316 e. The molecule has 0 unspecified atom stereocenters. The molecule has 0 saturated carbocycles. The largest absolute Gasteiger partial charge is 0.316 e. The Morgan fingerprint density at radius 2 is 1.86 bits per heavy atom. The van der Waals surface area contributed by atoms with Crippen LogP contribution in [0.3, 0.4) is 0 Å². The van der Waals surface area contributed by atoms with E-state index < -0.39 is 0 Å². The lowest BCUT2D eigenvalue weighted by Crippen LogP contribution is -2.17. The van der Waals surface area contributed by atoms with Crippen LogP contribution in [0.15, 0.2) is 23.1 Å². The highest BCUT2D eigenvalue weighted by Gasteiger charge is 2.00. The van der Waals surface area contributed by atoms with Crippen molar-refractivity contribution in [3.8, 4) is 0 Å². The molecule has 1 aromatic heterocycles. The Bertz CT molecular complexity index is 312. The summed E-state index contributed by atoms with van der Waals surface area (Å²) in [6.07, 6.45) is 1.94. The van der Waals surface area contributed by atoms with Crippen molar-refractivity contribution in [3.05, 3.63) is 34.2 Å². The molecule has 1 heterocycles. The van der Waals surface area contributed by atoms with Crippen LogP contribution in [0.1, 0.15) is 46.1 Å². The van der Waals surface area contributed by atoms with E-state index in [0.717, 1.165) is 6.54 Å². The van der Waals surface area contributed by atoms with E-state index >= 15 is 0 Å². The zero-order chi connectivity index (χ0) is 11.1. The van der Waals surface area contributed by atoms with E-state index in [9.17, 15) is 4.79 Å². The van der Waals surface area contributed by atoms with Gasteiger partial charge in [0.2, 0.25) is 0 Å². The minimum atomic E-state index is 0.0851. The fourth-order valence-electron chi connectivity index (χ4n) is 1.14. The third-order valence-corrected chi connectivity index (χ3v) is 2.01. The van der Waals surface area contributed by atoms with Crippen LogP contribution in [0.2, 0.25) is 0 Å². The van der Waals surface area contributed by atoms with Gasteiger partial charge in [-0.3, -0.25) is 4.79 Å². The first-order valence-electron chi connectivity index (χ1n) is 5.35. The molecule has 0 radical (unpaired) electrons. The number of rotatable bonds is 2. The summed E-state index contributed by atoms with van der Waals surface area (Å²) in [6, 6.07) is 3.54. The first-order chi connectivity index (χ1) is 6.65. The first-order valence-corrected chi connectivity index (χ1v) is 5.35. The molecule has 2 heteroatoms. The molecular formula is C12H21NO. The molecule has 0 bridgehead atoms. The van der Waals surface area contributed by atoms with Crippen LogP contribution in [-0.2, 0) is 6.54 Å². The summed E-state index contributed by atoms with van der Waals surface area (Å²) >= 11 is 0. The smallest absolute Gasteiger partial charge is 0.250 e. The van der Waals surface area contributed by atoms with E-state index in [0.29, 0.717) is 5.92 Å². The van der Waals surface area contributed by atoms with Crippen LogP contribution in [0, 0.1) is 0 Å². The number of aryl methyl sites for hydroxylation is 1. The Labute approximate surface area is 86.6 Å². The van der Waals surface area contributed by atoms with E-state index in [4.69, 9.17) is 0 Å². The van der Waals surface area contributed by atoms with Crippen molar-refractivity contribution >= 4 is 0 Å². The monoisotopic (exact) mass is 195 g/mol. The molecule has 0 aliphatic heterocycles. The molecule has 80 valence electrons. The van der Waals surface area contributed by atoms with E-state index in [2.05, 4.69) is 13.8 Å². The summed E-state index contributed by atoms with van der Waals surface area (Å²) in [5.74, 6) is 0.489. The van der Waals surface area contributed by atoms with E-state index in [1.54, 1.807) is 10.6 Å². The standard InChI is InChI=1S/C10H15NO.C2H6/c1-4-11-7-9(8(2)3)5-6-10(11)12;1-2/h5-8H,4H2,1-3H3;1-2H3. The van der Waals surface area contributed by atoms with Gasteiger partial charge >= 0.3 is 0 Å². The lowest BCUT2D eigenvalue weighted by atomic mass is 10.1. The highest BCUT2D eigenvalue weighted by Crippen LogP contribution is 2.10. The van der Waals surface area contributed by atoms with Gasteiger partial charge < -0.3 is 4.57 Å². The summed E-state index contributed by atoms with van der Waals surface area (Å²) in [4.78, 5) is 11.2. The molecule has 1 rings (SSSR count). The lowest BCUT2D eigenvalue weighted by molar-refractivity contribution is 0.706. The average Bonchev–Trinajstić information content (AvgIpc) is 2.21. The lowest BCUT2D eigenvalue weighted by Gasteiger charge is -2.07. The summed E-state index contributed by atoms with van der Waals surface area (Å²) in [6.45, 7) is 11.0. The van der Waals surface area contributed by atoms with Crippen molar-refractivity contribution in [2.24, 2.45) is 0 Å². The molecule has 0 aliphatic carbocycles. The van der Waals surface area contributed by atoms with Gasteiger partial charge in [0.1, 0.15) is 0 Å². The number of hydrogen-bond donors (Lipinski definition) is 0. The summed E-state index contributed by atoms with van der Waals surface area (Å²) in [5.41, 5.74) is 1.30. The number of aromatic nitrogens is 1. The Morgan fingerprint density at radius 1 is 1.29 bits per heavy atom. The summed E-state index contributed by atoms with van der Waals surface area (Å²) < 4.78 is 1.73. The third-order valence-electron chi connectivity index (χ3n) is 2.01. The Balaban J connectivity index is 0.000000791. The molecule has 14 heavy (non-hydrogen) atoms. The van der Waals surface area contributed by atoms with Crippen LogP contribution >= 0.6 is 0 Å². The summed E-state index contributed by atoms with van der Waals surface area (Å²) in [5, 5.41) is 0. The van der Waals surface area contributed by atoms with Crippen molar-refractivity contribution in [2.75, 3.05) is 0 Å². The zero-order valence-corrected chi connectivity index (χ0v) is 9.87. The topological polar surface area (TPSA) is 22.0 Å². The Hall–Kier alpha value is -1.05. The van der Waals surface area contributed by atoms with Gasteiger partial charge in [0.05, 0.1) is 0 Å². The molecule has 1 aromatic rings. The maximum absolute atomic E-state index is 11.2. The highest BCUT2D eigenvalue weighted by atomic mass is 16.1. The molecular weight excluding hydrogens is 174 g/mol. The van der Waals surface area contributed by atoms with Gasteiger partial charge in [0, 0.05) is 18.8 Å². The third kappa shape index (κ3) is 3.36. The van der Waals surface area contributed by atoms with E-state index in [1.807, 2.05) is 33.0 Å². The second kappa shape index (κ2) is 6.41. The molecule has 0 aromatic carbocycles. The maximum Gasteiger partial charge on any atom is 0.250 e. The second-order valence-corrected chi connectivity index (χ2v) is 3.24. The first kappa shape index (κ1) is 12.9. The van der Waals surface area contributed by atoms with Gasteiger partial charge in [0.15, 0.2) is 0 Å². The summed E-state index contributed by atoms with van der Waals surface area (Å²) in [7, 11) is 0. The molecule has 0 spiro atoms. The number of hydrogen-bond acceptors (Lipinski definition) is 1. The molecule has 0 amide bonds. The highest BCUT2D eigenvalue weighted by molar-refractivity contribution is 5.13. The number of nitrogens with zero attached hydrogens (tertiary/aromatic N) is 1. The molecule has 0 saturated heterocycles. The van der Waals surface area contributed by atoms with Crippen LogP contribution in [0.4, 0.5) is 0 Å². The SMILES string of the molecule is CC.CCn1cc(C(C)C)ccc1=O. The van der Waals surface area contributed by atoms with Gasteiger partial charge in [-0.15, -0.1) is 0 Å². The van der Waals surface area contributed by atoms with E-state index in [-0.39, 0.29) is 5.56 Å². The minimum absolute atomic E-state index is 0.0851. The molecule has 0 N–H and O–H groups in total. The van der Waals surface area contributed by atoms with Crippen molar-refractivity contribution in [1.82, 2.24) is 4.57 Å². The van der Waals surface area contributed by atoms with Crippen LogP contribution < -0.4 is 5.56 Å². The normalized spacial score (nSPS) is 9.57. The van der Waals surface area contributed by atoms with Gasteiger partial charge in [-0.2, -0.15) is 0 Å². The molecule has 0 aliphatic rings. The van der Waals surface area contributed by atoms with Crippen molar-refractivity contribution in [1.29, 1.82) is 0 Å². The molecule has 0 fully saturated rings. The van der Waals surface area contributed by atoms with Crippen LogP contribution in [-0.4, -0.2) is 4.57 Å². The average molecular weight is 195 g/mol. The number of pyridine rings is 1. The van der Waals surface area contributed by atoms with Crippen molar-refractivity contribution < 1.29 is 0 Å². The Kier molecular flexibility index (Phi) is 5.93. The maximum atomic E-state index is 11.2. The van der Waals surface area contributed by atoms with Gasteiger partial charge in [0.25, 0.3) is 5.56 Å². The van der Waals surface area contributed by atoms with Crippen LogP contribution in [0.5, 0.6) is 0 Å². The predicted octanol–water partition coefficient (Wildman–Crippen LogP) is 3.02. The van der Waals surface area contributed by atoms with E-state index in [1.165, 1.54) is 5.56 Å². The van der Waals surface area contributed by atoms with Crippen molar-refractivity contribution in [3.63, 3.8) is 0 Å². The van der Waals surface area contributed by atoms with Gasteiger partial charge in [-0.25, -0.2) is 0 Å². The predicted molar refractivity (Wildman–Crippen MR) is 61.8 cm³/mol. The fraction of sp³-hybridized carbons (Fsp3) is 0.583. The Morgan fingerprint density at radius 3 is 2.29 bits per heavy atom. The quantitative estimate of drug-likeness (QED) is 0.711. The molecule has 0 atom stereocenters. The second-order valence-electron chi connectivity index (χ2n) is 3.24.